The number of hydrogen-bond donors (Lipinski definition) is 1. The van der Waals surface area contributed by atoms with Crippen molar-refractivity contribution in [1.82, 2.24) is 20.3 Å². The first-order valence-corrected chi connectivity index (χ1v) is 7.93. The second kappa shape index (κ2) is 8.43. The van der Waals surface area contributed by atoms with Gasteiger partial charge in [-0.1, -0.05) is 32.0 Å². The number of aryl methyl sites for hydroxylation is 1. The Balaban J connectivity index is 1.84. The summed E-state index contributed by atoms with van der Waals surface area (Å²) in [5.41, 5.74) is 1.80. The minimum Gasteiger partial charge on any atom is -0.381 e. The molecule has 6 heteroatoms. The Morgan fingerprint density at radius 1 is 1.26 bits per heavy atom. The van der Waals surface area contributed by atoms with Crippen LogP contribution in [-0.4, -0.2) is 40.7 Å². The van der Waals surface area contributed by atoms with E-state index in [-0.39, 0.29) is 5.91 Å². The highest BCUT2D eigenvalue weighted by Gasteiger charge is 2.15. The highest BCUT2D eigenvalue weighted by Crippen LogP contribution is 2.08. The molecule has 2 rings (SSSR count). The van der Waals surface area contributed by atoms with Crippen LogP contribution < -0.4 is 5.32 Å². The van der Waals surface area contributed by atoms with E-state index >= 15 is 0 Å². The zero-order valence-corrected chi connectivity index (χ0v) is 14.0. The standard InChI is InChI=1S/C17H24N4O2/c1-13(2)12-23-11-7-10-18-17(22)16-14(3)19-21(20-16)15-8-5-4-6-9-15/h4-6,8-9,13H,7,10-12H2,1-3H3,(H,18,22). The number of carbonyl (C=O) groups is 1. The van der Waals surface area contributed by atoms with E-state index in [0.29, 0.717) is 30.5 Å². The molecule has 1 aromatic carbocycles. The molecule has 124 valence electrons. The maximum Gasteiger partial charge on any atom is 0.273 e. The van der Waals surface area contributed by atoms with Gasteiger partial charge < -0.3 is 10.1 Å². The molecule has 0 spiro atoms. The molecule has 6 nitrogen and oxygen atoms in total. The fourth-order valence-electron chi connectivity index (χ4n) is 2.04. The number of nitrogens with zero attached hydrogens (tertiary/aromatic N) is 3. The van der Waals surface area contributed by atoms with Crippen LogP contribution in [0.15, 0.2) is 30.3 Å². The van der Waals surface area contributed by atoms with Crippen molar-refractivity contribution >= 4 is 5.91 Å². The minimum atomic E-state index is -0.200. The molecule has 1 aromatic heterocycles. The number of para-hydroxylation sites is 1. The van der Waals surface area contributed by atoms with Gasteiger partial charge in [0.1, 0.15) is 0 Å². The summed E-state index contributed by atoms with van der Waals surface area (Å²) >= 11 is 0. The predicted molar refractivity (Wildman–Crippen MR) is 88.7 cm³/mol. The molecule has 1 N–H and O–H groups in total. The maximum absolute atomic E-state index is 12.2. The molecular weight excluding hydrogens is 292 g/mol. The fraction of sp³-hybridized carbons (Fsp3) is 0.471. The summed E-state index contributed by atoms with van der Waals surface area (Å²) in [5, 5.41) is 11.4. The van der Waals surface area contributed by atoms with E-state index < -0.39 is 0 Å². The number of carbonyl (C=O) groups excluding carboxylic acids is 1. The quantitative estimate of drug-likeness (QED) is 0.759. The van der Waals surface area contributed by atoms with Crippen molar-refractivity contribution in [2.75, 3.05) is 19.8 Å². The first-order valence-electron chi connectivity index (χ1n) is 7.93. The van der Waals surface area contributed by atoms with E-state index in [1.807, 2.05) is 30.3 Å². The first-order chi connectivity index (χ1) is 11.1. The lowest BCUT2D eigenvalue weighted by Crippen LogP contribution is -2.26. The Morgan fingerprint density at radius 3 is 2.70 bits per heavy atom. The van der Waals surface area contributed by atoms with Crippen LogP contribution in [0.2, 0.25) is 0 Å². The zero-order valence-electron chi connectivity index (χ0n) is 14.0. The molecule has 1 heterocycles. The normalized spacial score (nSPS) is 11.0. The zero-order chi connectivity index (χ0) is 16.7. The van der Waals surface area contributed by atoms with Gasteiger partial charge in [-0.05, 0) is 31.4 Å². The molecular formula is C17H24N4O2. The van der Waals surface area contributed by atoms with Gasteiger partial charge in [-0.2, -0.15) is 9.90 Å². The Morgan fingerprint density at radius 2 is 2.00 bits per heavy atom. The summed E-state index contributed by atoms with van der Waals surface area (Å²) in [6, 6.07) is 9.53. The average molecular weight is 316 g/mol. The number of nitrogens with one attached hydrogen (secondary N) is 1. The molecule has 0 fully saturated rings. The molecule has 0 aliphatic heterocycles. The van der Waals surface area contributed by atoms with Gasteiger partial charge in [-0.25, -0.2) is 0 Å². The highest BCUT2D eigenvalue weighted by molar-refractivity contribution is 5.93. The summed E-state index contributed by atoms with van der Waals surface area (Å²) in [4.78, 5) is 13.7. The fourth-order valence-corrected chi connectivity index (χ4v) is 2.04. The SMILES string of the molecule is Cc1nn(-c2ccccc2)nc1C(=O)NCCCOCC(C)C. The van der Waals surface area contributed by atoms with Crippen LogP contribution in [0.5, 0.6) is 0 Å². The van der Waals surface area contributed by atoms with E-state index in [0.717, 1.165) is 18.7 Å². The van der Waals surface area contributed by atoms with Gasteiger partial charge in [0.15, 0.2) is 5.69 Å². The van der Waals surface area contributed by atoms with Crippen LogP contribution in [0, 0.1) is 12.8 Å². The van der Waals surface area contributed by atoms with Gasteiger partial charge in [0.2, 0.25) is 0 Å². The molecule has 0 bridgehead atoms. The monoisotopic (exact) mass is 316 g/mol. The highest BCUT2D eigenvalue weighted by atomic mass is 16.5. The van der Waals surface area contributed by atoms with Gasteiger partial charge >= 0.3 is 0 Å². The van der Waals surface area contributed by atoms with E-state index in [2.05, 4.69) is 29.4 Å². The van der Waals surface area contributed by atoms with Crippen molar-refractivity contribution < 1.29 is 9.53 Å². The molecule has 0 atom stereocenters. The van der Waals surface area contributed by atoms with Crippen LogP contribution in [-0.2, 0) is 4.74 Å². The second-order valence-electron chi connectivity index (χ2n) is 5.84. The predicted octanol–water partition coefficient (Wildman–Crippen LogP) is 2.37. The molecule has 1 amide bonds. The second-order valence-corrected chi connectivity index (χ2v) is 5.84. The number of rotatable bonds is 8. The van der Waals surface area contributed by atoms with Gasteiger partial charge in [0, 0.05) is 19.8 Å². The maximum atomic E-state index is 12.2. The summed E-state index contributed by atoms with van der Waals surface area (Å²) in [6.45, 7) is 7.97. The molecule has 0 saturated carbocycles. The number of aromatic nitrogens is 3. The van der Waals surface area contributed by atoms with Crippen molar-refractivity contribution in [1.29, 1.82) is 0 Å². The van der Waals surface area contributed by atoms with Crippen LogP contribution in [0.1, 0.15) is 36.5 Å². The molecule has 23 heavy (non-hydrogen) atoms. The van der Waals surface area contributed by atoms with E-state index in [1.165, 1.54) is 4.80 Å². The van der Waals surface area contributed by atoms with E-state index in [9.17, 15) is 4.79 Å². The molecule has 0 saturated heterocycles. The number of amides is 1. The van der Waals surface area contributed by atoms with Gasteiger partial charge in [0.05, 0.1) is 11.4 Å². The third kappa shape index (κ3) is 5.17. The van der Waals surface area contributed by atoms with Crippen LogP contribution in [0.25, 0.3) is 5.69 Å². The van der Waals surface area contributed by atoms with Crippen LogP contribution >= 0.6 is 0 Å². The molecule has 0 radical (unpaired) electrons. The Labute approximate surface area is 136 Å². The lowest BCUT2D eigenvalue weighted by molar-refractivity contribution is 0.0919. The van der Waals surface area contributed by atoms with Crippen molar-refractivity contribution in [2.24, 2.45) is 5.92 Å². The van der Waals surface area contributed by atoms with Crippen LogP contribution in [0.4, 0.5) is 0 Å². The summed E-state index contributed by atoms with van der Waals surface area (Å²) < 4.78 is 5.48. The first kappa shape index (κ1) is 17.1. The van der Waals surface area contributed by atoms with E-state index in [1.54, 1.807) is 6.92 Å². The Kier molecular flexibility index (Phi) is 6.29. The van der Waals surface area contributed by atoms with Gasteiger partial charge in [0.25, 0.3) is 5.91 Å². The molecule has 2 aromatic rings. The van der Waals surface area contributed by atoms with Crippen molar-refractivity contribution in [3.05, 3.63) is 41.7 Å². The summed E-state index contributed by atoms with van der Waals surface area (Å²) in [5.74, 6) is 0.328. The van der Waals surface area contributed by atoms with E-state index in [4.69, 9.17) is 4.74 Å². The van der Waals surface area contributed by atoms with Gasteiger partial charge in [-0.3, -0.25) is 4.79 Å². The minimum absolute atomic E-state index is 0.200. The summed E-state index contributed by atoms with van der Waals surface area (Å²) in [7, 11) is 0. The number of hydrogen-bond acceptors (Lipinski definition) is 4. The van der Waals surface area contributed by atoms with Crippen molar-refractivity contribution in [3.8, 4) is 5.69 Å². The Hall–Kier alpha value is -2.21. The number of ether oxygens (including phenoxy) is 1. The molecule has 0 unspecified atom stereocenters. The summed E-state index contributed by atoms with van der Waals surface area (Å²) in [6.07, 6.45) is 0.782. The lowest BCUT2D eigenvalue weighted by atomic mass is 10.2. The topological polar surface area (TPSA) is 69.0 Å². The van der Waals surface area contributed by atoms with Crippen molar-refractivity contribution in [3.63, 3.8) is 0 Å². The molecule has 0 aliphatic rings. The lowest BCUT2D eigenvalue weighted by Gasteiger charge is -2.07. The number of benzene rings is 1. The third-order valence-electron chi connectivity index (χ3n) is 3.19. The smallest absolute Gasteiger partial charge is 0.273 e. The van der Waals surface area contributed by atoms with Crippen LogP contribution in [0.3, 0.4) is 0 Å². The third-order valence-corrected chi connectivity index (χ3v) is 3.19. The Bertz CT molecular complexity index is 623. The largest absolute Gasteiger partial charge is 0.381 e. The van der Waals surface area contributed by atoms with Crippen molar-refractivity contribution in [2.45, 2.75) is 27.2 Å². The molecule has 0 aliphatic carbocycles. The van der Waals surface area contributed by atoms with Gasteiger partial charge in [-0.15, -0.1) is 5.10 Å². The average Bonchev–Trinajstić information content (AvgIpc) is 2.93.